The van der Waals surface area contributed by atoms with Crippen LogP contribution in [0.5, 0.6) is 5.75 Å². The Balaban J connectivity index is 2.29. The second-order valence-electron chi connectivity index (χ2n) is 4.16. The van der Waals surface area contributed by atoms with Crippen molar-refractivity contribution in [3.63, 3.8) is 0 Å². The predicted molar refractivity (Wildman–Crippen MR) is 77.3 cm³/mol. The molecule has 0 radical (unpaired) electrons. The summed E-state index contributed by atoms with van der Waals surface area (Å²) in [5, 5.41) is 5.91. The lowest BCUT2D eigenvalue weighted by molar-refractivity contribution is -0.0493. The Morgan fingerprint density at radius 3 is 2.57 bits per heavy atom. The highest BCUT2D eigenvalue weighted by Gasteiger charge is 2.10. The van der Waals surface area contributed by atoms with Gasteiger partial charge in [0.15, 0.2) is 0 Å². The number of rotatable bonds is 6. The van der Waals surface area contributed by atoms with E-state index in [1.165, 1.54) is 6.07 Å². The average Bonchev–Trinajstić information content (AvgIpc) is 2.48. The lowest BCUT2D eigenvalue weighted by Gasteiger charge is -2.13. The molecule has 1 aromatic carbocycles. The van der Waals surface area contributed by atoms with E-state index in [4.69, 9.17) is 0 Å². The lowest BCUT2D eigenvalue weighted by Crippen LogP contribution is -2.06. The van der Waals surface area contributed by atoms with Crippen molar-refractivity contribution in [2.24, 2.45) is 0 Å². The molecule has 0 aliphatic carbocycles. The minimum absolute atomic E-state index is 0.0650. The van der Waals surface area contributed by atoms with E-state index in [2.05, 4.69) is 25.3 Å². The summed E-state index contributed by atoms with van der Waals surface area (Å²) in [6, 6.07) is 8.15. The number of aromatic nitrogens is 2. The summed E-state index contributed by atoms with van der Waals surface area (Å²) < 4.78 is 29.3. The standard InChI is InChI=1S/C14H16F2N4O/c1-3-11-19-12(17-2)8-13(20-11)18-9-6-4-5-7-10(9)21-14(15)16/h4-8,14H,3H2,1-2H3,(H2,17,18,19,20). The van der Waals surface area contributed by atoms with E-state index in [9.17, 15) is 8.78 Å². The molecule has 0 saturated carbocycles. The predicted octanol–water partition coefficient (Wildman–Crippen LogP) is 3.43. The van der Waals surface area contributed by atoms with Gasteiger partial charge >= 0.3 is 6.61 Å². The molecule has 5 nitrogen and oxygen atoms in total. The number of nitrogens with zero attached hydrogens (tertiary/aromatic N) is 2. The molecule has 1 aromatic heterocycles. The number of hydrogen-bond acceptors (Lipinski definition) is 5. The SMILES string of the molecule is CCc1nc(NC)cc(Nc2ccccc2OC(F)F)n1. The highest BCUT2D eigenvalue weighted by atomic mass is 19.3. The summed E-state index contributed by atoms with van der Waals surface area (Å²) in [6.45, 7) is -0.940. The number of ether oxygens (including phenoxy) is 1. The Bertz CT molecular complexity index is 585. The van der Waals surface area contributed by atoms with E-state index in [0.29, 0.717) is 29.6 Å². The van der Waals surface area contributed by atoms with Crippen molar-refractivity contribution in [1.82, 2.24) is 9.97 Å². The van der Waals surface area contributed by atoms with Gasteiger partial charge in [0.05, 0.1) is 5.69 Å². The van der Waals surface area contributed by atoms with Gasteiger partial charge in [0.25, 0.3) is 0 Å². The van der Waals surface area contributed by atoms with Gasteiger partial charge in [0.2, 0.25) is 0 Å². The van der Waals surface area contributed by atoms with Gasteiger partial charge in [-0.15, -0.1) is 0 Å². The minimum Gasteiger partial charge on any atom is -0.433 e. The first-order valence-electron chi connectivity index (χ1n) is 6.49. The summed E-state index contributed by atoms with van der Waals surface area (Å²) in [4.78, 5) is 8.58. The number of benzene rings is 1. The van der Waals surface area contributed by atoms with Crippen LogP contribution in [0.2, 0.25) is 0 Å². The lowest BCUT2D eigenvalue weighted by atomic mass is 10.3. The fourth-order valence-corrected chi connectivity index (χ4v) is 1.75. The summed E-state index contributed by atoms with van der Waals surface area (Å²) in [5.41, 5.74) is 0.417. The first-order chi connectivity index (χ1) is 10.1. The Morgan fingerprint density at radius 1 is 1.19 bits per heavy atom. The maximum Gasteiger partial charge on any atom is 0.387 e. The number of para-hydroxylation sites is 2. The largest absolute Gasteiger partial charge is 0.433 e. The molecule has 0 amide bonds. The number of alkyl halides is 2. The third-order valence-corrected chi connectivity index (χ3v) is 2.71. The molecule has 2 N–H and O–H groups in total. The molecule has 0 unspecified atom stereocenters. The van der Waals surface area contributed by atoms with Gasteiger partial charge in [-0.2, -0.15) is 8.78 Å². The van der Waals surface area contributed by atoms with E-state index in [0.717, 1.165) is 0 Å². The van der Waals surface area contributed by atoms with Gasteiger partial charge in [0.1, 0.15) is 23.2 Å². The Labute approximate surface area is 121 Å². The van der Waals surface area contributed by atoms with Crippen molar-refractivity contribution in [3.8, 4) is 5.75 Å². The first kappa shape index (κ1) is 15.0. The van der Waals surface area contributed by atoms with Gasteiger partial charge in [-0.1, -0.05) is 19.1 Å². The zero-order valence-electron chi connectivity index (χ0n) is 11.7. The van der Waals surface area contributed by atoms with Crippen molar-refractivity contribution >= 4 is 17.3 Å². The summed E-state index contributed by atoms with van der Waals surface area (Å²) in [7, 11) is 1.75. The molecule has 0 aliphatic rings. The Hall–Kier alpha value is -2.44. The average molecular weight is 294 g/mol. The fraction of sp³-hybridized carbons (Fsp3) is 0.286. The first-order valence-corrected chi connectivity index (χ1v) is 6.49. The molecular formula is C14H16F2N4O. The Morgan fingerprint density at radius 2 is 1.90 bits per heavy atom. The van der Waals surface area contributed by atoms with Gasteiger partial charge in [-0.25, -0.2) is 9.97 Å². The monoisotopic (exact) mass is 294 g/mol. The third-order valence-electron chi connectivity index (χ3n) is 2.71. The van der Waals surface area contributed by atoms with Crippen molar-refractivity contribution in [3.05, 3.63) is 36.2 Å². The quantitative estimate of drug-likeness (QED) is 0.855. The van der Waals surface area contributed by atoms with E-state index in [1.807, 2.05) is 6.92 Å². The minimum atomic E-state index is -2.88. The molecule has 2 aromatic rings. The van der Waals surface area contributed by atoms with Crippen LogP contribution >= 0.6 is 0 Å². The van der Waals surface area contributed by atoms with E-state index in [1.54, 1.807) is 31.3 Å². The Kier molecular flexibility index (Phi) is 4.86. The van der Waals surface area contributed by atoms with Crippen molar-refractivity contribution < 1.29 is 13.5 Å². The van der Waals surface area contributed by atoms with Gasteiger partial charge in [-0.05, 0) is 12.1 Å². The van der Waals surface area contributed by atoms with Crippen LogP contribution in [0.3, 0.4) is 0 Å². The second kappa shape index (κ2) is 6.83. The van der Waals surface area contributed by atoms with Gasteiger partial charge in [-0.3, -0.25) is 0 Å². The highest BCUT2D eigenvalue weighted by Crippen LogP contribution is 2.28. The van der Waals surface area contributed by atoms with Crippen molar-refractivity contribution in [2.45, 2.75) is 20.0 Å². The molecule has 7 heteroatoms. The fourth-order valence-electron chi connectivity index (χ4n) is 1.75. The highest BCUT2D eigenvalue weighted by molar-refractivity contribution is 5.65. The van der Waals surface area contributed by atoms with E-state index >= 15 is 0 Å². The maximum atomic E-state index is 12.4. The smallest absolute Gasteiger partial charge is 0.387 e. The van der Waals surface area contributed by atoms with Crippen LogP contribution in [0.1, 0.15) is 12.7 Å². The summed E-state index contributed by atoms with van der Waals surface area (Å²) in [6.07, 6.45) is 0.666. The number of aryl methyl sites for hydroxylation is 1. The maximum absolute atomic E-state index is 12.4. The van der Waals surface area contributed by atoms with Gasteiger partial charge in [0, 0.05) is 19.5 Å². The van der Waals surface area contributed by atoms with Crippen LogP contribution < -0.4 is 15.4 Å². The topological polar surface area (TPSA) is 59.1 Å². The van der Waals surface area contributed by atoms with Crippen LogP contribution in [-0.2, 0) is 6.42 Å². The number of nitrogens with one attached hydrogen (secondary N) is 2. The molecule has 0 fully saturated rings. The number of anilines is 3. The van der Waals surface area contributed by atoms with Crippen LogP contribution in [0.4, 0.5) is 26.1 Å². The molecule has 2 rings (SSSR count). The van der Waals surface area contributed by atoms with Crippen LogP contribution in [0.25, 0.3) is 0 Å². The van der Waals surface area contributed by atoms with Crippen LogP contribution in [0, 0.1) is 0 Å². The van der Waals surface area contributed by atoms with Crippen LogP contribution in [-0.4, -0.2) is 23.6 Å². The van der Waals surface area contributed by atoms with E-state index in [-0.39, 0.29) is 5.75 Å². The van der Waals surface area contributed by atoms with Gasteiger partial charge < -0.3 is 15.4 Å². The second-order valence-corrected chi connectivity index (χ2v) is 4.16. The zero-order valence-corrected chi connectivity index (χ0v) is 11.7. The number of hydrogen-bond donors (Lipinski definition) is 2. The normalized spacial score (nSPS) is 10.5. The molecule has 0 atom stereocenters. The molecule has 0 aliphatic heterocycles. The molecule has 0 bridgehead atoms. The molecular weight excluding hydrogens is 278 g/mol. The molecule has 21 heavy (non-hydrogen) atoms. The van der Waals surface area contributed by atoms with Crippen molar-refractivity contribution in [2.75, 3.05) is 17.7 Å². The summed E-state index contributed by atoms with van der Waals surface area (Å²) in [5.74, 6) is 1.87. The van der Waals surface area contributed by atoms with Crippen molar-refractivity contribution in [1.29, 1.82) is 0 Å². The molecule has 1 heterocycles. The van der Waals surface area contributed by atoms with E-state index < -0.39 is 6.61 Å². The zero-order chi connectivity index (χ0) is 15.2. The number of halogens is 2. The molecule has 0 saturated heterocycles. The molecule has 0 spiro atoms. The van der Waals surface area contributed by atoms with Crippen LogP contribution in [0.15, 0.2) is 30.3 Å². The third kappa shape index (κ3) is 4.01. The summed E-state index contributed by atoms with van der Waals surface area (Å²) >= 11 is 0. The molecule has 112 valence electrons.